The van der Waals surface area contributed by atoms with Crippen molar-refractivity contribution < 1.29 is 9.53 Å². The molecule has 4 rings (SSSR count). The number of amides is 1. The molecular weight excluding hydrogens is 430 g/mol. The van der Waals surface area contributed by atoms with E-state index in [4.69, 9.17) is 4.74 Å². The Balaban J connectivity index is 1.47. The van der Waals surface area contributed by atoms with Gasteiger partial charge < -0.3 is 9.30 Å². The topological polar surface area (TPSA) is 55.6 Å². The molecule has 0 aliphatic rings. The van der Waals surface area contributed by atoms with Crippen LogP contribution in [0.1, 0.15) is 12.0 Å². The van der Waals surface area contributed by atoms with Crippen LogP contribution in [0.5, 0.6) is 5.75 Å². The highest BCUT2D eigenvalue weighted by Gasteiger charge is 2.10. The zero-order chi connectivity index (χ0) is 20.2. The van der Waals surface area contributed by atoms with E-state index in [1.54, 1.807) is 13.3 Å². The molecule has 0 saturated carbocycles. The van der Waals surface area contributed by atoms with Crippen LogP contribution in [0.15, 0.2) is 76.3 Å². The summed E-state index contributed by atoms with van der Waals surface area (Å²) in [6.07, 6.45) is 1.91. The quantitative estimate of drug-likeness (QED) is 0.328. The number of halogens is 1. The first-order valence-corrected chi connectivity index (χ1v) is 10.1. The van der Waals surface area contributed by atoms with Gasteiger partial charge in [0.25, 0.3) is 0 Å². The van der Waals surface area contributed by atoms with E-state index in [1.165, 1.54) is 10.8 Å². The molecule has 6 heteroatoms. The van der Waals surface area contributed by atoms with Gasteiger partial charge in [0.1, 0.15) is 5.75 Å². The molecule has 0 radical (unpaired) electrons. The molecule has 0 atom stereocenters. The molecule has 0 unspecified atom stereocenters. The molecule has 4 aromatic rings. The summed E-state index contributed by atoms with van der Waals surface area (Å²) in [7, 11) is 1.60. The van der Waals surface area contributed by atoms with Crippen molar-refractivity contribution in [2.45, 2.75) is 13.0 Å². The molecule has 3 aromatic carbocycles. The van der Waals surface area contributed by atoms with Crippen molar-refractivity contribution in [1.82, 2.24) is 9.99 Å². The van der Waals surface area contributed by atoms with Gasteiger partial charge in [-0.15, -0.1) is 0 Å². The van der Waals surface area contributed by atoms with Crippen LogP contribution in [0.25, 0.3) is 21.8 Å². The lowest BCUT2D eigenvalue weighted by molar-refractivity contribution is -0.121. The predicted octanol–water partition coefficient (Wildman–Crippen LogP) is 5.11. The van der Waals surface area contributed by atoms with Crippen LogP contribution < -0.4 is 10.2 Å². The zero-order valence-corrected chi connectivity index (χ0v) is 17.5. The average molecular weight is 450 g/mol. The Morgan fingerprint density at radius 3 is 2.38 bits per heavy atom. The van der Waals surface area contributed by atoms with Gasteiger partial charge in [0, 0.05) is 44.8 Å². The Hall–Kier alpha value is -3.12. The molecule has 1 amide bonds. The molecule has 0 bridgehead atoms. The van der Waals surface area contributed by atoms with Gasteiger partial charge in [0.05, 0.1) is 13.3 Å². The molecule has 0 aliphatic heterocycles. The summed E-state index contributed by atoms with van der Waals surface area (Å²) in [5.74, 6) is 0.550. The number of carbonyl (C=O) groups is 1. The van der Waals surface area contributed by atoms with Crippen molar-refractivity contribution in [1.29, 1.82) is 0 Å². The van der Waals surface area contributed by atoms with Crippen molar-refractivity contribution in [2.75, 3.05) is 7.11 Å². The van der Waals surface area contributed by atoms with Crippen LogP contribution in [-0.4, -0.2) is 23.8 Å². The van der Waals surface area contributed by atoms with E-state index in [0.717, 1.165) is 21.1 Å². The molecule has 0 saturated heterocycles. The minimum Gasteiger partial charge on any atom is -0.496 e. The van der Waals surface area contributed by atoms with E-state index in [1.807, 2.05) is 42.5 Å². The number of nitrogens with zero attached hydrogens (tertiary/aromatic N) is 2. The fourth-order valence-electron chi connectivity index (χ4n) is 3.49. The molecular formula is C23H20BrN3O2. The van der Waals surface area contributed by atoms with E-state index in [0.29, 0.717) is 18.7 Å². The first-order valence-electron chi connectivity index (χ1n) is 9.29. The average Bonchev–Trinajstić information content (AvgIpc) is 3.06. The van der Waals surface area contributed by atoms with Crippen LogP contribution in [0.4, 0.5) is 0 Å². The van der Waals surface area contributed by atoms with Crippen LogP contribution in [0, 0.1) is 0 Å². The Bertz CT molecular complexity index is 1160. The summed E-state index contributed by atoms with van der Waals surface area (Å²) in [5, 5.41) is 6.48. The minimum atomic E-state index is -0.142. The second-order valence-corrected chi connectivity index (χ2v) is 7.53. The summed E-state index contributed by atoms with van der Waals surface area (Å²) in [5.41, 5.74) is 5.65. The minimum absolute atomic E-state index is 0.142. The summed E-state index contributed by atoms with van der Waals surface area (Å²) in [6.45, 7) is 0.579. The second-order valence-electron chi connectivity index (χ2n) is 6.62. The monoisotopic (exact) mass is 449 g/mol. The number of rotatable bonds is 6. The van der Waals surface area contributed by atoms with Gasteiger partial charge in [-0.3, -0.25) is 4.79 Å². The van der Waals surface area contributed by atoms with Crippen LogP contribution in [0.3, 0.4) is 0 Å². The molecule has 1 aromatic heterocycles. The Morgan fingerprint density at radius 2 is 1.72 bits per heavy atom. The lowest BCUT2D eigenvalue weighted by Gasteiger charge is -2.07. The number of benzene rings is 3. The number of nitrogens with one attached hydrogen (secondary N) is 1. The van der Waals surface area contributed by atoms with Crippen molar-refractivity contribution in [3.63, 3.8) is 0 Å². The van der Waals surface area contributed by atoms with Gasteiger partial charge in [0.15, 0.2) is 0 Å². The Kier molecular flexibility index (Phi) is 5.62. The van der Waals surface area contributed by atoms with Crippen molar-refractivity contribution >= 4 is 49.9 Å². The van der Waals surface area contributed by atoms with Gasteiger partial charge in [-0.2, -0.15) is 5.10 Å². The van der Waals surface area contributed by atoms with E-state index < -0.39 is 0 Å². The van der Waals surface area contributed by atoms with E-state index in [-0.39, 0.29) is 5.91 Å². The third-order valence-electron chi connectivity index (χ3n) is 4.83. The number of ether oxygens (including phenoxy) is 1. The maximum absolute atomic E-state index is 12.3. The van der Waals surface area contributed by atoms with E-state index in [9.17, 15) is 4.79 Å². The molecule has 1 heterocycles. The largest absolute Gasteiger partial charge is 0.496 e. The molecule has 146 valence electrons. The zero-order valence-electron chi connectivity index (χ0n) is 15.9. The van der Waals surface area contributed by atoms with Crippen LogP contribution in [0.2, 0.25) is 0 Å². The van der Waals surface area contributed by atoms with E-state index in [2.05, 4.69) is 55.3 Å². The molecule has 1 N–H and O–H groups in total. The fourth-order valence-corrected chi connectivity index (χ4v) is 3.87. The lowest BCUT2D eigenvalue weighted by Crippen LogP contribution is -2.19. The number of aryl methyl sites for hydroxylation is 1. The summed E-state index contributed by atoms with van der Waals surface area (Å²) in [4.78, 5) is 12.3. The Morgan fingerprint density at radius 1 is 1.07 bits per heavy atom. The standard InChI is InChI=1S/C23H20BrN3O2/c1-29-22-11-10-17(24)14-16(22)15-25-26-23(28)12-13-27-20-8-4-2-6-18(20)19-7-3-5-9-21(19)27/h2-11,14-15H,12-13H2,1H3,(H,26,28)/b25-15+. The van der Waals surface area contributed by atoms with Gasteiger partial charge in [-0.1, -0.05) is 52.3 Å². The highest BCUT2D eigenvalue weighted by atomic mass is 79.9. The molecule has 29 heavy (non-hydrogen) atoms. The van der Waals surface area contributed by atoms with Gasteiger partial charge in [-0.05, 0) is 30.3 Å². The third kappa shape index (κ3) is 4.03. The summed E-state index contributed by atoms with van der Waals surface area (Å²) in [6, 6.07) is 22.1. The van der Waals surface area contributed by atoms with E-state index >= 15 is 0 Å². The van der Waals surface area contributed by atoms with Crippen LogP contribution in [-0.2, 0) is 11.3 Å². The maximum atomic E-state index is 12.3. The molecule has 0 spiro atoms. The lowest BCUT2D eigenvalue weighted by atomic mass is 10.2. The van der Waals surface area contributed by atoms with Crippen LogP contribution >= 0.6 is 15.9 Å². The smallest absolute Gasteiger partial charge is 0.241 e. The predicted molar refractivity (Wildman–Crippen MR) is 120 cm³/mol. The van der Waals surface area contributed by atoms with Crippen molar-refractivity contribution in [3.05, 3.63) is 76.8 Å². The first-order chi connectivity index (χ1) is 14.2. The number of hydrogen-bond acceptors (Lipinski definition) is 3. The molecule has 5 nitrogen and oxygen atoms in total. The van der Waals surface area contributed by atoms with Crippen molar-refractivity contribution in [3.8, 4) is 5.75 Å². The fraction of sp³-hybridized carbons (Fsp3) is 0.130. The highest BCUT2D eigenvalue weighted by Crippen LogP contribution is 2.28. The highest BCUT2D eigenvalue weighted by molar-refractivity contribution is 9.10. The Labute approximate surface area is 177 Å². The van der Waals surface area contributed by atoms with Crippen molar-refractivity contribution in [2.24, 2.45) is 5.10 Å². The SMILES string of the molecule is COc1ccc(Br)cc1/C=N/NC(=O)CCn1c2ccccc2c2ccccc21. The number of methoxy groups -OCH3 is 1. The first kappa shape index (κ1) is 19.2. The number of aromatic nitrogens is 1. The maximum Gasteiger partial charge on any atom is 0.241 e. The summed E-state index contributed by atoms with van der Waals surface area (Å²) >= 11 is 3.43. The number of carbonyl (C=O) groups excluding carboxylic acids is 1. The number of hydrogen-bond donors (Lipinski definition) is 1. The number of hydrazone groups is 1. The number of fused-ring (bicyclic) bond motifs is 3. The second kappa shape index (κ2) is 8.49. The number of para-hydroxylation sites is 2. The third-order valence-corrected chi connectivity index (χ3v) is 5.32. The normalized spacial score (nSPS) is 11.4. The van der Waals surface area contributed by atoms with Gasteiger partial charge >= 0.3 is 0 Å². The summed E-state index contributed by atoms with van der Waals surface area (Å²) < 4.78 is 8.41. The molecule has 0 aliphatic carbocycles. The van der Waals surface area contributed by atoms with Gasteiger partial charge in [-0.25, -0.2) is 5.43 Å². The van der Waals surface area contributed by atoms with Gasteiger partial charge in [0.2, 0.25) is 5.91 Å². The molecule has 0 fully saturated rings.